The lowest BCUT2D eigenvalue weighted by Gasteiger charge is -2.20. The van der Waals surface area contributed by atoms with E-state index in [1.165, 1.54) is 17.2 Å². The van der Waals surface area contributed by atoms with E-state index in [2.05, 4.69) is 4.98 Å². The Balaban J connectivity index is 2.88. The molecule has 0 aromatic carbocycles. The molecule has 0 aliphatic carbocycles. The first kappa shape index (κ1) is 15.2. The van der Waals surface area contributed by atoms with E-state index < -0.39 is 0 Å². The Morgan fingerprint density at radius 2 is 1.84 bits per heavy atom. The van der Waals surface area contributed by atoms with Crippen LogP contribution in [0.15, 0.2) is 12.3 Å². The van der Waals surface area contributed by atoms with Crippen molar-refractivity contribution >= 4 is 29.1 Å². The van der Waals surface area contributed by atoms with Crippen molar-refractivity contribution in [3.8, 4) is 12.1 Å². The molecule has 0 saturated heterocycles. The van der Waals surface area contributed by atoms with Crippen LogP contribution in [0.25, 0.3) is 0 Å². The molecule has 1 heterocycles. The van der Waals surface area contributed by atoms with Gasteiger partial charge >= 0.3 is 0 Å². The Morgan fingerprint density at radius 1 is 1.26 bits per heavy atom. The predicted octanol–water partition coefficient (Wildman–Crippen LogP) is 2.66. The summed E-state index contributed by atoms with van der Waals surface area (Å²) in [5, 5.41) is 17.5. The number of hydrogen-bond acceptors (Lipinski definition) is 4. The summed E-state index contributed by atoms with van der Waals surface area (Å²) in [5.74, 6) is -0.323. The van der Waals surface area contributed by atoms with Crippen LogP contribution in [0.3, 0.4) is 0 Å². The van der Waals surface area contributed by atoms with Crippen molar-refractivity contribution in [2.24, 2.45) is 0 Å². The van der Waals surface area contributed by atoms with Crippen LogP contribution in [0.5, 0.6) is 0 Å². The van der Waals surface area contributed by atoms with Crippen LogP contribution < -0.4 is 0 Å². The molecule has 0 N–H and O–H groups in total. The number of carbonyl (C=O) groups is 1. The third kappa shape index (κ3) is 4.40. The van der Waals surface area contributed by atoms with Gasteiger partial charge in [0.05, 0.1) is 35.6 Å². The Bertz CT molecular complexity index is 530. The van der Waals surface area contributed by atoms with Crippen molar-refractivity contribution in [3.05, 3.63) is 28.0 Å². The van der Waals surface area contributed by atoms with Crippen molar-refractivity contribution < 1.29 is 4.79 Å². The average molecular weight is 297 g/mol. The molecule has 0 bridgehead atoms. The highest BCUT2D eigenvalue weighted by Gasteiger charge is 2.16. The van der Waals surface area contributed by atoms with Gasteiger partial charge in [0, 0.05) is 19.3 Å². The fourth-order valence-corrected chi connectivity index (χ4v) is 1.68. The lowest BCUT2D eigenvalue weighted by atomic mass is 10.2. The van der Waals surface area contributed by atoms with Gasteiger partial charge in [0.2, 0.25) is 0 Å². The third-order valence-electron chi connectivity index (χ3n) is 2.32. The fourth-order valence-electron chi connectivity index (χ4n) is 1.41. The van der Waals surface area contributed by atoms with Crippen molar-refractivity contribution in [1.29, 1.82) is 10.5 Å². The van der Waals surface area contributed by atoms with Gasteiger partial charge in [-0.3, -0.25) is 4.79 Å². The van der Waals surface area contributed by atoms with Crippen LogP contribution in [-0.4, -0.2) is 28.9 Å². The average Bonchev–Trinajstić information content (AvgIpc) is 2.41. The quantitative estimate of drug-likeness (QED) is 0.782. The normalized spacial score (nSPS) is 9.47. The minimum Gasteiger partial charge on any atom is -0.337 e. The summed E-state index contributed by atoms with van der Waals surface area (Å²) in [6, 6.07) is 5.35. The first-order valence-corrected chi connectivity index (χ1v) is 6.20. The SMILES string of the molecule is N#CCCN(CCC#N)C(=O)c1cnc(Cl)c(Cl)c1. The number of nitrogens with zero attached hydrogens (tertiary/aromatic N) is 4. The molecule has 0 fully saturated rings. The van der Waals surface area contributed by atoms with Crippen molar-refractivity contribution in [2.75, 3.05) is 13.1 Å². The van der Waals surface area contributed by atoms with Crippen LogP contribution in [0.2, 0.25) is 10.2 Å². The summed E-state index contributed by atoms with van der Waals surface area (Å²) in [6.07, 6.45) is 1.72. The van der Waals surface area contributed by atoms with Gasteiger partial charge in [-0.05, 0) is 6.07 Å². The molecule has 7 heteroatoms. The molecule has 0 aliphatic rings. The van der Waals surface area contributed by atoms with Gasteiger partial charge in [0.1, 0.15) is 5.15 Å². The standard InChI is InChI=1S/C12H10Cl2N4O/c13-10-7-9(8-17-11(10)14)12(19)18(5-1-3-15)6-2-4-16/h7-8H,1-2,5-6H2. The first-order valence-electron chi connectivity index (χ1n) is 5.44. The van der Waals surface area contributed by atoms with Gasteiger partial charge in [-0.2, -0.15) is 10.5 Å². The van der Waals surface area contributed by atoms with E-state index >= 15 is 0 Å². The lowest BCUT2D eigenvalue weighted by Crippen LogP contribution is -2.32. The smallest absolute Gasteiger partial charge is 0.255 e. The largest absolute Gasteiger partial charge is 0.337 e. The monoisotopic (exact) mass is 296 g/mol. The van der Waals surface area contributed by atoms with Gasteiger partial charge in [-0.1, -0.05) is 23.2 Å². The van der Waals surface area contributed by atoms with Gasteiger partial charge in [0.15, 0.2) is 0 Å². The Labute approximate surface area is 121 Å². The Morgan fingerprint density at radius 3 is 2.32 bits per heavy atom. The predicted molar refractivity (Wildman–Crippen MR) is 70.6 cm³/mol. The molecule has 0 saturated carbocycles. The van der Waals surface area contributed by atoms with Crippen molar-refractivity contribution in [2.45, 2.75) is 12.8 Å². The molecule has 19 heavy (non-hydrogen) atoms. The maximum absolute atomic E-state index is 12.2. The Kier molecular flexibility index (Phi) is 6.08. The van der Waals surface area contributed by atoms with E-state index in [9.17, 15) is 4.79 Å². The number of rotatable bonds is 5. The van der Waals surface area contributed by atoms with Crippen LogP contribution in [0.1, 0.15) is 23.2 Å². The van der Waals surface area contributed by atoms with E-state index in [1.54, 1.807) is 0 Å². The number of carbonyl (C=O) groups excluding carboxylic acids is 1. The second-order valence-electron chi connectivity index (χ2n) is 3.61. The zero-order valence-corrected chi connectivity index (χ0v) is 11.4. The van der Waals surface area contributed by atoms with Gasteiger partial charge in [-0.25, -0.2) is 4.98 Å². The highest BCUT2D eigenvalue weighted by atomic mass is 35.5. The van der Waals surface area contributed by atoms with Crippen LogP contribution in [0.4, 0.5) is 0 Å². The van der Waals surface area contributed by atoms with E-state index in [-0.39, 0.29) is 47.6 Å². The lowest BCUT2D eigenvalue weighted by molar-refractivity contribution is 0.0762. The van der Waals surface area contributed by atoms with Gasteiger partial charge in [-0.15, -0.1) is 0 Å². The summed E-state index contributed by atoms with van der Waals surface area (Å²) in [6.45, 7) is 0.522. The molecule has 1 aromatic rings. The van der Waals surface area contributed by atoms with Crippen molar-refractivity contribution in [3.63, 3.8) is 0 Å². The second-order valence-corrected chi connectivity index (χ2v) is 4.37. The summed E-state index contributed by atoms with van der Waals surface area (Å²) in [7, 11) is 0. The number of aromatic nitrogens is 1. The summed E-state index contributed by atoms with van der Waals surface area (Å²) < 4.78 is 0. The zero-order valence-electron chi connectivity index (χ0n) is 9.94. The molecule has 0 radical (unpaired) electrons. The van der Waals surface area contributed by atoms with Crippen LogP contribution in [0, 0.1) is 22.7 Å². The molecular weight excluding hydrogens is 287 g/mol. The number of pyridine rings is 1. The molecule has 0 unspecified atom stereocenters. The molecule has 98 valence electrons. The summed E-state index contributed by atoms with van der Waals surface area (Å²) in [4.78, 5) is 17.4. The molecular formula is C12H10Cl2N4O. The minimum atomic E-state index is -0.323. The van der Waals surface area contributed by atoms with Crippen LogP contribution >= 0.6 is 23.2 Å². The maximum atomic E-state index is 12.2. The molecule has 1 aromatic heterocycles. The second kappa shape index (κ2) is 7.58. The van der Waals surface area contributed by atoms with E-state index in [0.717, 1.165) is 0 Å². The first-order chi connectivity index (χ1) is 9.10. The maximum Gasteiger partial charge on any atom is 0.255 e. The zero-order chi connectivity index (χ0) is 14.3. The van der Waals surface area contributed by atoms with E-state index in [4.69, 9.17) is 33.7 Å². The highest BCUT2D eigenvalue weighted by Crippen LogP contribution is 2.20. The number of amides is 1. The fraction of sp³-hybridized carbons (Fsp3) is 0.333. The summed E-state index contributed by atoms with van der Waals surface area (Å²) >= 11 is 11.5. The molecule has 1 rings (SSSR count). The molecule has 0 aliphatic heterocycles. The molecule has 1 amide bonds. The van der Waals surface area contributed by atoms with E-state index in [1.807, 2.05) is 12.1 Å². The van der Waals surface area contributed by atoms with Gasteiger partial charge in [0.25, 0.3) is 5.91 Å². The van der Waals surface area contributed by atoms with Crippen LogP contribution in [-0.2, 0) is 0 Å². The van der Waals surface area contributed by atoms with Crippen molar-refractivity contribution in [1.82, 2.24) is 9.88 Å². The molecule has 0 spiro atoms. The van der Waals surface area contributed by atoms with E-state index in [0.29, 0.717) is 0 Å². The third-order valence-corrected chi connectivity index (χ3v) is 3.00. The Hall–Kier alpha value is -1.82. The molecule has 0 atom stereocenters. The topological polar surface area (TPSA) is 80.8 Å². The molecule has 5 nitrogen and oxygen atoms in total. The number of hydrogen-bond donors (Lipinski definition) is 0. The summed E-state index contributed by atoms with van der Waals surface area (Å²) in [5.41, 5.74) is 0.283. The number of halogens is 2. The highest BCUT2D eigenvalue weighted by molar-refractivity contribution is 6.41. The van der Waals surface area contributed by atoms with Gasteiger partial charge < -0.3 is 4.90 Å². The minimum absolute atomic E-state index is 0.124. The number of nitriles is 2.